The van der Waals surface area contributed by atoms with Crippen LogP contribution in [0.3, 0.4) is 0 Å². The molecule has 1 aromatic carbocycles. The highest BCUT2D eigenvalue weighted by Crippen LogP contribution is 2.25. The molecule has 1 heterocycles. The van der Waals surface area contributed by atoms with Crippen molar-refractivity contribution in [1.82, 2.24) is 14.1 Å². The van der Waals surface area contributed by atoms with Crippen molar-refractivity contribution in [3.63, 3.8) is 0 Å². The molecule has 0 aliphatic rings. The number of hydrogen-bond acceptors (Lipinski definition) is 3. The second kappa shape index (κ2) is 6.63. The molecule has 2 rings (SSSR count). The molecular weight excluding hydrogens is 334 g/mol. The molecule has 0 amide bonds. The summed E-state index contributed by atoms with van der Waals surface area (Å²) >= 11 is 5.83. The van der Waals surface area contributed by atoms with E-state index in [1.807, 2.05) is 18.7 Å². The standard InChI is InChI=1S/C16H22ClN3O2S/c1-11(2)16-15(12(3)18-20(16)5)10-19(4)23(21,22)14-8-6-13(17)7-9-14/h6-9,11H,10H2,1-5H3. The third-order valence-electron chi connectivity index (χ3n) is 3.84. The van der Waals surface area contributed by atoms with E-state index in [1.54, 1.807) is 19.2 Å². The zero-order chi connectivity index (χ0) is 17.4. The van der Waals surface area contributed by atoms with Crippen LogP contribution in [0.25, 0.3) is 0 Å². The molecule has 23 heavy (non-hydrogen) atoms. The van der Waals surface area contributed by atoms with Crippen LogP contribution in [0.5, 0.6) is 0 Å². The monoisotopic (exact) mass is 355 g/mol. The minimum absolute atomic E-state index is 0.233. The first-order chi connectivity index (χ1) is 10.6. The summed E-state index contributed by atoms with van der Waals surface area (Å²) in [6, 6.07) is 6.20. The van der Waals surface area contributed by atoms with Gasteiger partial charge in [-0.05, 0) is 37.1 Å². The average molecular weight is 356 g/mol. The molecule has 0 N–H and O–H groups in total. The minimum Gasteiger partial charge on any atom is -0.272 e. The van der Waals surface area contributed by atoms with Crippen molar-refractivity contribution in [3.8, 4) is 0 Å². The van der Waals surface area contributed by atoms with Crippen molar-refractivity contribution in [2.45, 2.75) is 38.1 Å². The van der Waals surface area contributed by atoms with Crippen molar-refractivity contribution < 1.29 is 8.42 Å². The van der Waals surface area contributed by atoms with Gasteiger partial charge in [-0.3, -0.25) is 4.68 Å². The molecule has 7 heteroatoms. The van der Waals surface area contributed by atoms with Gasteiger partial charge in [0.2, 0.25) is 10.0 Å². The Morgan fingerprint density at radius 2 is 1.83 bits per heavy atom. The van der Waals surface area contributed by atoms with Crippen LogP contribution < -0.4 is 0 Å². The first-order valence-corrected chi connectivity index (χ1v) is 9.20. The quantitative estimate of drug-likeness (QED) is 0.826. The summed E-state index contributed by atoms with van der Waals surface area (Å²) in [6.07, 6.45) is 0. The summed E-state index contributed by atoms with van der Waals surface area (Å²) in [5, 5.41) is 4.94. The Morgan fingerprint density at radius 3 is 2.35 bits per heavy atom. The molecule has 0 fully saturated rings. The highest BCUT2D eigenvalue weighted by Gasteiger charge is 2.25. The van der Waals surface area contributed by atoms with Gasteiger partial charge in [0.15, 0.2) is 0 Å². The van der Waals surface area contributed by atoms with Crippen LogP contribution in [0.4, 0.5) is 0 Å². The van der Waals surface area contributed by atoms with Crippen LogP contribution in [0.1, 0.15) is 36.7 Å². The lowest BCUT2D eigenvalue weighted by Gasteiger charge is -2.19. The van der Waals surface area contributed by atoms with Gasteiger partial charge in [0.25, 0.3) is 0 Å². The highest BCUT2D eigenvalue weighted by atomic mass is 35.5. The Kier molecular flexibility index (Phi) is 5.18. The molecule has 0 aliphatic carbocycles. The zero-order valence-electron chi connectivity index (χ0n) is 14.0. The Balaban J connectivity index is 2.35. The van der Waals surface area contributed by atoms with Crippen molar-refractivity contribution in [1.29, 1.82) is 0 Å². The number of rotatable bonds is 5. The smallest absolute Gasteiger partial charge is 0.243 e. The van der Waals surface area contributed by atoms with Crippen LogP contribution in [0, 0.1) is 6.92 Å². The van der Waals surface area contributed by atoms with Crippen molar-refractivity contribution in [3.05, 3.63) is 46.2 Å². The second-order valence-electron chi connectivity index (χ2n) is 5.94. The summed E-state index contributed by atoms with van der Waals surface area (Å²) in [5.74, 6) is 0.267. The topological polar surface area (TPSA) is 55.2 Å². The normalized spacial score (nSPS) is 12.3. The molecule has 0 saturated carbocycles. The molecule has 5 nitrogen and oxygen atoms in total. The van der Waals surface area contributed by atoms with Gasteiger partial charge in [0.1, 0.15) is 0 Å². The van der Waals surface area contributed by atoms with Gasteiger partial charge in [0, 0.05) is 36.9 Å². The second-order valence-corrected chi connectivity index (χ2v) is 8.42. The predicted molar refractivity (Wildman–Crippen MR) is 92.1 cm³/mol. The maximum absolute atomic E-state index is 12.7. The van der Waals surface area contributed by atoms with Crippen LogP contribution in [-0.2, 0) is 23.6 Å². The molecule has 0 unspecified atom stereocenters. The predicted octanol–water partition coefficient (Wildman–Crippen LogP) is 3.33. The van der Waals surface area contributed by atoms with Gasteiger partial charge in [-0.15, -0.1) is 0 Å². The molecule has 126 valence electrons. The Morgan fingerprint density at radius 1 is 1.26 bits per heavy atom. The minimum atomic E-state index is -3.57. The number of nitrogens with zero attached hydrogens (tertiary/aromatic N) is 3. The van der Waals surface area contributed by atoms with E-state index in [2.05, 4.69) is 18.9 Å². The SMILES string of the molecule is Cc1nn(C)c(C(C)C)c1CN(C)S(=O)(=O)c1ccc(Cl)cc1. The van der Waals surface area contributed by atoms with Crippen molar-refractivity contribution in [2.24, 2.45) is 7.05 Å². The van der Waals surface area contributed by atoms with Crippen molar-refractivity contribution >= 4 is 21.6 Å². The Labute approximate surface area is 142 Å². The Hall–Kier alpha value is -1.37. The van der Waals surface area contributed by atoms with Gasteiger partial charge in [-0.25, -0.2) is 8.42 Å². The summed E-state index contributed by atoms with van der Waals surface area (Å²) in [5.41, 5.74) is 2.87. The van der Waals surface area contributed by atoms with E-state index >= 15 is 0 Å². The summed E-state index contributed by atoms with van der Waals surface area (Å²) in [7, 11) is -0.0940. The van der Waals surface area contributed by atoms with E-state index in [0.29, 0.717) is 5.02 Å². The summed E-state index contributed by atoms with van der Waals surface area (Å²) in [6.45, 7) is 6.35. The van der Waals surface area contributed by atoms with E-state index in [0.717, 1.165) is 17.0 Å². The highest BCUT2D eigenvalue weighted by molar-refractivity contribution is 7.89. The fraction of sp³-hybridized carbons (Fsp3) is 0.438. The molecular formula is C16H22ClN3O2S. The lowest BCUT2D eigenvalue weighted by Crippen LogP contribution is -2.27. The fourth-order valence-electron chi connectivity index (χ4n) is 2.73. The fourth-order valence-corrected chi connectivity index (χ4v) is 4.00. The molecule has 2 aromatic rings. The molecule has 0 saturated heterocycles. The maximum Gasteiger partial charge on any atom is 0.243 e. The van der Waals surface area contributed by atoms with Gasteiger partial charge in [-0.2, -0.15) is 9.40 Å². The number of benzene rings is 1. The van der Waals surface area contributed by atoms with Gasteiger partial charge < -0.3 is 0 Å². The van der Waals surface area contributed by atoms with Gasteiger partial charge in [-0.1, -0.05) is 25.4 Å². The average Bonchev–Trinajstić information content (AvgIpc) is 2.73. The molecule has 0 bridgehead atoms. The third kappa shape index (κ3) is 3.59. The lowest BCUT2D eigenvalue weighted by atomic mass is 10.0. The van der Waals surface area contributed by atoms with Gasteiger partial charge in [0.05, 0.1) is 10.6 Å². The number of aromatic nitrogens is 2. The maximum atomic E-state index is 12.7. The first kappa shape index (κ1) is 18.0. The van der Waals surface area contributed by atoms with Crippen LogP contribution in [0.15, 0.2) is 29.2 Å². The molecule has 0 aliphatic heterocycles. The molecule has 0 spiro atoms. The Bertz CT molecular complexity index is 795. The van der Waals surface area contributed by atoms with Crippen LogP contribution >= 0.6 is 11.6 Å². The molecule has 0 atom stereocenters. The van der Waals surface area contributed by atoms with E-state index in [9.17, 15) is 8.42 Å². The molecule has 0 radical (unpaired) electrons. The van der Waals surface area contributed by atoms with Gasteiger partial charge >= 0.3 is 0 Å². The lowest BCUT2D eigenvalue weighted by molar-refractivity contribution is 0.463. The van der Waals surface area contributed by atoms with Crippen LogP contribution in [0.2, 0.25) is 5.02 Å². The number of sulfonamides is 1. The number of halogens is 1. The number of hydrogen-bond donors (Lipinski definition) is 0. The zero-order valence-corrected chi connectivity index (χ0v) is 15.6. The van der Waals surface area contributed by atoms with Crippen LogP contribution in [-0.4, -0.2) is 29.6 Å². The summed E-state index contributed by atoms with van der Waals surface area (Å²) < 4.78 is 28.6. The van der Waals surface area contributed by atoms with E-state index in [-0.39, 0.29) is 17.4 Å². The molecule has 1 aromatic heterocycles. The first-order valence-electron chi connectivity index (χ1n) is 7.39. The third-order valence-corrected chi connectivity index (χ3v) is 5.91. The van der Waals surface area contributed by atoms with Crippen molar-refractivity contribution in [2.75, 3.05) is 7.05 Å². The van der Waals surface area contributed by atoms with E-state index in [4.69, 9.17) is 11.6 Å². The largest absolute Gasteiger partial charge is 0.272 e. The van der Waals surface area contributed by atoms with E-state index < -0.39 is 10.0 Å². The summed E-state index contributed by atoms with van der Waals surface area (Å²) in [4.78, 5) is 0.233. The van der Waals surface area contributed by atoms with E-state index in [1.165, 1.54) is 16.4 Å². The number of aryl methyl sites for hydroxylation is 2.